The fraction of sp³-hybridized carbons (Fsp3) is 0.133. The number of hydrogen-bond donors (Lipinski definition) is 0. The highest BCUT2D eigenvalue weighted by Gasteiger charge is 2.33. The largest absolute Gasteiger partial charge is 0.279 e. The van der Waals surface area contributed by atoms with E-state index in [-0.39, 0.29) is 16.3 Å². The van der Waals surface area contributed by atoms with Crippen LogP contribution >= 0.6 is 27.5 Å². The van der Waals surface area contributed by atoms with Crippen LogP contribution in [-0.4, -0.2) is 24.6 Å². The lowest BCUT2D eigenvalue weighted by Gasteiger charge is -2.28. The number of nitro benzene ring substituents is 1. The van der Waals surface area contributed by atoms with Crippen molar-refractivity contribution in [1.29, 1.82) is 0 Å². The van der Waals surface area contributed by atoms with Gasteiger partial charge in [-0.1, -0.05) is 28.1 Å². The Labute approximate surface area is 157 Å². The Hall–Kier alpha value is -1.97. The number of nitro groups is 1. The minimum Gasteiger partial charge on any atom is -0.279 e. The molecule has 1 atom stereocenters. The van der Waals surface area contributed by atoms with Gasteiger partial charge in [-0.15, -0.1) is 0 Å². The predicted octanol–water partition coefficient (Wildman–Crippen LogP) is 3.71. The molecule has 2 aromatic carbocycles. The van der Waals surface area contributed by atoms with Gasteiger partial charge in [0, 0.05) is 16.6 Å². The average Bonchev–Trinajstić information content (AvgIpc) is 2.54. The van der Waals surface area contributed by atoms with E-state index in [1.807, 2.05) is 0 Å². The van der Waals surface area contributed by atoms with Crippen molar-refractivity contribution < 1.29 is 18.1 Å². The van der Waals surface area contributed by atoms with Gasteiger partial charge in [-0.25, -0.2) is 8.42 Å². The fourth-order valence-electron chi connectivity index (χ4n) is 2.15. The molecule has 0 fully saturated rings. The van der Waals surface area contributed by atoms with Gasteiger partial charge in [0.05, 0.1) is 15.5 Å². The molecule has 0 saturated carbocycles. The van der Waals surface area contributed by atoms with Crippen molar-refractivity contribution in [2.24, 2.45) is 0 Å². The molecule has 2 rings (SSSR count). The van der Waals surface area contributed by atoms with Gasteiger partial charge in [0.1, 0.15) is 6.04 Å². The van der Waals surface area contributed by atoms with Crippen LogP contribution in [0.4, 0.5) is 11.4 Å². The Kier molecular flexibility index (Phi) is 5.81. The third-order valence-electron chi connectivity index (χ3n) is 3.33. The van der Waals surface area contributed by atoms with E-state index in [1.54, 1.807) is 12.1 Å². The Balaban J connectivity index is 2.65. The van der Waals surface area contributed by atoms with Crippen LogP contribution in [0.15, 0.2) is 57.9 Å². The van der Waals surface area contributed by atoms with Crippen molar-refractivity contribution in [2.75, 3.05) is 4.31 Å². The SMILES string of the molecule is CC(C(=O)Cl)N(c1cccc(Br)c1)S(=O)(=O)c1cccc([N+](=O)[O-])c1. The Morgan fingerprint density at radius 1 is 1.24 bits per heavy atom. The van der Waals surface area contributed by atoms with E-state index in [1.165, 1.54) is 37.3 Å². The number of carbonyl (C=O) groups excluding carboxylic acids is 1. The number of carbonyl (C=O) groups is 1. The zero-order chi connectivity index (χ0) is 18.8. The molecule has 0 radical (unpaired) electrons. The molecule has 0 saturated heterocycles. The van der Waals surface area contributed by atoms with E-state index in [2.05, 4.69) is 15.9 Å². The fourth-order valence-corrected chi connectivity index (χ4v) is 4.34. The molecule has 2 aromatic rings. The summed E-state index contributed by atoms with van der Waals surface area (Å²) in [4.78, 5) is 21.5. The number of benzene rings is 2. The maximum Gasteiger partial charge on any atom is 0.270 e. The molecule has 132 valence electrons. The zero-order valence-corrected chi connectivity index (χ0v) is 16.0. The molecule has 0 aliphatic carbocycles. The summed E-state index contributed by atoms with van der Waals surface area (Å²) in [5, 5.41) is 10.0. The van der Waals surface area contributed by atoms with Crippen LogP contribution in [0.3, 0.4) is 0 Å². The molecule has 0 N–H and O–H groups in total. The molecule has 1 unspecified atom stereocenters. The summed E-state index contributed by atoms with van der Waals surface area (Å²) in [6.07, 6.45) is 0. The van der Waals surface area contributed by atoms with Crippen LogP contribution in [0.1, 0.15) is 6.92 Å². The Morgan fingerprint density at radius 3 is 2.44 bits per heavy atom. The number of hydrogen-bond acceptors (Lipinski definition) is 5. The van der Waals surface area contributed by atoms with Gasteiger partial charge < -0.3 is 0 Å². The van der Waals surface area contributed by atoms with Crippen LogP contribution in [0.25, 0.3) is 0 Å². The topological polar surface area (TPSA) is 97.6 Å². The predicted molar refractivity (Wildman–Crippen MR) is 97.2 cm³/mol. The summed E-state index contributed by atoms with van der Waals surface area (Å²) < 4.78 is 27.5. The van der Waals surface area contributed by atoms with Crippen LogP contribution in [0, 0.1) is 10.1 Å². The first kappa shape index (κ1) is 19.4. The summed E-state index contributed by atoms with van der Waals surface area (Å²) >= 11 is 8.76. The highest BCUT2D eigenvalue weighted by molar-refractivity contribution is 9.10. The number of non-ortho nitro benzene ring substituents is 1. The molecule has 25 heavy (non-hydrogen) atoms. The highest BCUT2D eigenvalue weighted by Crippen LogP contribution is 2.30. The lowest BCUT2D eigenvalue weighted by Crippen LogP contribution is -2.42. The van der Waals surface area contributed by atoms with Crippen molar-refractivity contribution in [2.45, 2.75) is 17.9 Å². The van der Waals surface area contributed by atoms with Crippen LogP contribution in [0.2, 0.25) is 0 Å². The molecule has 0 aliphatic rings. The second kappa shape index (κ2) is 7.51. The molecule has 0 amide bonds. The molecular formula is C15H12BrClN2O5S. The van der Waals surface area contributed by atoms with Gasteiger partial charge in [0.2, 0.25) is 5.24 Å². The van der Waals surface area contributed by atoms with Gasteiger partial charge in [-0.3, -0.25) is 19.2 Å². The quantitative estimate of drug-likeness (QED) is 0.382. The van der Waals surface area contributed by atoms with Crippen molar-refractivity contribution in [3.05, 3.63) is 63.1 Å². The van der Waals surface area contributed by atoms with Gasteiger partial charge in [0.25, 0.3) is 15.7 Å². The summed E-state index contributed by atoms with van der Waals surface area (Å²) in [5.74, 6) is 0. The molecule has 0 aliphatic heterocycles. The van der Waals surface area contributed by atoms with E-state index in [4.69, 9.17) is 11.6 Å². The summed E-state index contributed by atoms with van der Waals surface area (Å²) in [6.45, 7) is 1.34. The van der Waals surface area contributed by atoms with E-state index in [0.29, 0.717) is 4.47 Å². The van der Waals surface area contributed by atoms with Gasteiger partial charge in [0.15, 0.2) is 0 Å². The molecule has 10 heteroatoms. The third-order valence-corrected chi connectivity index (χ3v) is 6.03. The normalized spacial score (nSPS) is 12.4. The molecule has 0 spiro atoms. The molecule has 7 nitrogen and oxygen atoms in total. The summed E-state index contributed by atoms with van der Waals surface area (Å²) in [7, 11) is -4.27. The first-order valence-corrected chi connectivity index (χ1v) is 9.49. The first-order valence-electron chi connectivity index (χ1n) is 6.88. The molecule has 0 aromatic heterocycles. The number of anilines is 1. The van der Waals surface area contributed by atoms with Crippen LogP contribution in [-0.2, 0) is 14.8 Å². The second-order valence-electron chi connectivity index (χ2n) is 5.02. The summed E-state index contributed by atoms with van der Waals surface area (Å²) in [6, 6.07) is 9.68. The highest BCUT2D eigenvalue weighted by atomic mass is 79.9. The van der Waals surface area contributed by atoms with E-state index in [0.717, 1.165) is 10.4 Å². The Morgan fingerprint density at radius 2 is 1.88 bits per heavy atom. The lowest BCUT2D eigenvalue weighted by atomic mass is 10.3. The molecule has 0 bridgehead atoms. The van der Waals surface area contributed by atoms with Crippen molar-refractivity contribution in [1.82, 2.24) is 0 Å². The maximum absolute atomic E-state index is 13.0. The third kappa shape index (κ3) is 4.17. The number of nitrogens with zero attached hydrogens (tertiary/aromatic N) is 2. The van der Waals surface area contributed by atoms with Crippen molar-refractivity contribution in [3.63, 3.8) is 0 Å². The van der Waals surface area contributed by atoms with Gasteiger partial charge in [-0.2, -0.15) is 0 Å². The van der Waals surface area contributed by atoms with E-state index in [9.17, 15) is 23.3 Å². The minimum atomic E-state index is -4.27. The maximum atomic E-state index is 13.0. The number of rotatable bonds is 6. The van der Waals surface area contributed by atoms with Crippen LogP contribution < -0.4 is 4.31 Å². The van der Waals surface area contributed by atoms with Crippen molar-refractivity contribution >= 4 is 54.2 Å². The standard InChI is InChI=1S/C15H12BrClN2O5S/c1-10(15(17)20)18(12-5-2-4-11(16)8-12)25(23,24)14-7-3-6-13(9-14)19(21)22/h2-10H,1H3. The zero-order valence-electron chi connectivity index (χ0n) is 12.8. The van der Waals surface area contributed by atoms with E-state index >= 15 is 0 Å². The Bertz CT molecular complexity index is 935. The average molecular weight is 448 g/mol. The number of sulfonamides is 1. The smallest absolute Gasteiger partial charge is 0.270 e. The first-order chi connectivity index (χ1) is 11.6. The van der Waals surface area contributed by atoms with Crippen LogP contribution in [0.5, 0.6) is 0 Å². The van der Waals surface area contributed by atoms with Gasteiger partial charge in [-0.05, 0) is 42.8 Å². The molecule has 0 heterocycles. The monoisotopic (exact) mass is 446 g/mol. The van der Waals surface area contributed by atoms with Crippen molar-refractivity contribution in [3.8, 4) is 0 Å². The summed E-state index contributed by atoms with van der Waals surface area (Å²) in [5.41, 5.74) is -0.178. The lowest BCUT2D eigenvalue weighted by molar-refractivity contribution is -0.385. The molecular weight excluding hydrogens is 436 g/mol. The number of halogens is 2. The minimum absolute atomic E-state index is 0.197. The second-order valence-corrected chi connectivity index (χ2v) is 8.12. The van der Waals surface area contributed by atoms with Gasteiger partial charge >= 0.3 is 0 Å². The van der Waals surface area contributed by atoms with E-state index < -0.39 is 26.2 Å².